The number of hydrogen-bond acceptors (Lipinski definition) is 3. The van der Waals surface area contributed by atoms with E-state index in [-0.39, 0.29) is 24.2 Å². The number of hydrogen-bond donors (Lipinski definition) is 0. The molecule has 0 N–H and O–H groups in total. The molecule has 2 aromatic carbocycles. The molecule has 0 radical (unpaired) electrons. The van der Waals surface area contributed by atoms with Gasteiger partial charge in [0.25, 0.3) is 0 Å². The molecule has 0 amide bonds. The molecule has 0 spiro atoms. The van der Waals surface area contributed by atoms with Crippen molar-refractivity contribution in [3.63, 3.8) is 0 Å². The Hall–Kier alpha value is -2.42. The number of carbonyl (C=O) groups is 2. The summed E-state index contributed by atoms with van der Waals surface area (Å²) in [6.45, 7) is 0. The summed E-state index contributed by atoms with van der Waals surface area (Å²) in [6.07, 6.45) is 6.36. The second-order valence-electron chi connectivity index (χ2n) is 7.07. The molecule has 3 rings (SSSR count). The molecule has 136 valence electrons. The summed E-state index contributed by atoms with van der Waals surface area (Å²) >= 11 is 0. The van der Waals surface area contributed by atoms with Gasteiger partial charge in [-0.25, -0.2) is 0 Å². The van der Waals surface area contributed by atoms with Crippen LogP contribution in [0.3, 0.4) is 0 Å². The van der Waals surface area contributed by atoms with Gasteiger partial charge in [0.2, 0.25) is 0 Å². The Morgan fingerprint density at radius 1 is 0.885 bits per heavy atom. The van der Waals surface area contributed by atoms with Crippen LogP contribution >= 0.6 is 0 Å². The fourth-order valence-electron chi connectivity index (χ4n) is 3.85. The zero-order valence-corrected chi connectivity index (χ0v) is 15.1. The van der Waals surface area contributed by atoms with E-state index in [1.54, 1.807) is 0 Å². The number of esters is 2. The van der Waals surface area contributed by atoms with E-state index in [0.717, 1.165) is 36.8 Å². The molecule has 0 bridgehead atoms. The molecular weight excluding hydrogens is 324 g/mol. The lowest BCUT2D eigenvalue weighted by Gasteiger charge is -2.28. The highest BCUT2D eigenvalue weighted by Crippen LogP contribution is 2.37. The van der Waals surface area contributed by atoms with Gasteiger partial charge in [-0.15, -0.1) is 0 Å². The van der Waals surface area contributed by atoms with Gasteiger partial charge in [0, 0.05) is 0 Å². The SMILES string of the molecule is O=C(CCc1ccccc1)OC(=O)C(c1ccccc1)C1CCCCC1. The quantitative estimate of drug-likeness (QED) is 0.541. The van der Waals surface area contributed by atoms with E-state index >= 15 is 0 Å². The summed E-state index contributed by atoms with van der Waals surface area (Å²) in [7, 11) is 0. The molecule has 1 aliphatic carbocycles. The van der Waals surface area contributed by atoms with E-state index in [2.05, 4.69) is 0 Å². The maximum absolute atomic E-state index is 12.8. The monoisotopic (exact) mass is 350 g/mol. The van der Waals surface area contributed by atoms with Gasteiger partial charge in [-0.3, -0.25) is 9.59 Å². The third-order valence-corrected chi connectivity index (χ3v) is 5.21. The van der Waals surface area contributed by atoms with Crippen molar-refractivity contribution in [2.75, 3.05) is 0 Å². The van der Waals surface area contributed by atoms with Crippen LogP contribution in [0.15, 0.2) is 60.7 Å². The molecule has 1 aliphatic rings. The van der Waals surface area contributed by atoms with E-state index in [1.165, 1.54) is 6.42 Å². The second-order valence-corrected chi connectivity index (χ2v) is 7.07. The first kappa shape index (κ1) is 18.4. The zero-order chi connectivity index (χ0) is 18.2. The van der Waals surface area contributed by atoms with Crippen molar-refractivity contribution in [3.05, 3.63) is 71.8 Å². The molecule has 0 heterocycles. The maximum atomic E-state index is 12.8. The minimum absolute atomic E-state index is 0.224. The fraction of sp³-hybridized carbons (Fsp3) is 0.391. The number of carbonyl (C=O) groups excluding carboxylic acids is 2. The Labute approximate surface area is 155 Å². The average Bonchev–Trinajstić information content (AvgIpc) is 2.69. The molecule has 0 aromatic heterocycles. The maximum Gasteiger partial charge on any atom is 0.321 e. The summed E-state index contributed by atoms with van der Waals surface area (Å²) in [5, 5.41) is 0. The molecule has 1 atom stereocenters. The first-order chi connectivity index (χ1) is 12.7. The van der Waals surface area contributed by atoms with Crippen LogP contribution in [0.4, 0.5) is 0 Å². The standard InChI is InChI=1S/C23H26O3/c24-21(17-16-18-10-4-1-5-11-18)26-23(25)22(19-12-6-2-7-13-19)20-14-8-3-9-15-20/h1-2,4-7,10-13,20,22H,3,8-9,14-17H2. The van der Waals surface area contributed by atoms with Crippen LogP contribution in [0.25, 0.3) is 0 Å². The predicted molar refractivity (Wildman–Crippen MR) is 102 cm³/mol. The minimum Gasteiger partial charge on any atom is -0.393 e. The summed E-state index contributed by atoms with van der Waals surface area (Å²) in [5.41, 5.74) is 2.03. The molecule has 3 nitrogen and oxygen atoms in total. The van der Waals surface area contributed by atoms with Crippen LogP contribution in [0.2, 0.25) is 0 Å². The van der Waals surface area contributed by atoms with Crippen molar-refractivity contribution >= 4 is 11.9 Å². The summed E-state index contributed by atoms with van der Waals surface area (Å²) < 4.78 is 5.26. The summed E-state index contributed by atoms with van der Waals surface area (Å²) in [6, 6.07) is 19.5. The van der Waals surface area contributed by atoms with Crippen LogP contribution in [-0.4, -0.2) is 11.9 Å². The summed E-state index contributed by atoms with van der Waals surface area (Å²) in [4.78, 5) is 25.0. The Morgan fingerprint density at radius 3 is 2.15 bits per heavy atom. The third kappa shape index (κ3) is 5.04. The van der Waals surface area contributed by atoms with Crippen LogP contribution in [-0.2, 0) is 20.7 Å². The van der Waals surface area contributed by atoms with Gasteiger partial charge in [0.1, 0.15) is 0 Å². The second kappa shape index (κ2) is 9.33. The lowest BCUT2D eigenvalue weighted by Crippen LogP contribution is -2.27. The summed E-state index contributed by atoms with van der Waals surface area (Å²) in [5.74, 6) is -0.894. The van der Waals surface area contributed by atoms with Crippen molar-refractivity contribution in [2.24, 2.45) is 5.92 Å². The average molecular weight is 350 g/mol. The smallest absolute Gasteiger partial charge is 0.321 e. The van der Waals surface area contributed by atoms with Gasteiger partial charge in [0.15, 0.2) is 0 Å². The molecule has 0 aliphatic heterocycles. The molecule has 2 aromatic rings. The lowest BCUT2D eigenvalue weighted by molar-refractivity contribution is -0.161. The number of aryl methyl sites for hydroxylation is 1. The van der Waals surface area contributed by atoms with E-state index in [4.69, 9.17) is 4.74 Å². The van der Waals surface area contributed by atoms with Crippen molar-refractivity contribution in [1.82, 2.24) is 0 Å². The number of rotatable bonds is 6. The molecule has 26 heavy (non-hydrogen) atoms. The third-order valence-electron chi connectivity index (χ3n) is 5.21. The van der Waals surface area contributed by atoms with E-state index in [9.17, 15) is 9.59 Å². The van der Waals surface area contributed by atoms with Gasteiger partial charge < -0.3 is 4.74 Å². The van der Waals surface area contributed by atoms with E-state index in [0.29, 0.717) is 6.42 Å². The topological polar surface area (TPSA) is 43.4 Å². The first-order valence-electron chi connectivity index (χ1n) is 9.57. The van der Waals surface area contributed by atoms with E-state index in [1.807, 2.05) is 60.7 Å². The largest absolute Gasteiger partial charge is 0.393 e. The Kier molecular flexibility index (Phi) is 6.59. The highest BCUT2D eigenvalue weighted by molar-refractivity contribution is 5.89. The highest BCUT2D eigenvalue weighted by atomic mass is 16.6. The fourth-order valence-corrected chi connectivity index (χ4v) is 3.85. The van der Waals surface area contributed by atoms with Gasteiger partial charge in [0.05, 0.1) is 12.3 Å². The molecule has 3 heteroatoms. The molecule has 1 unspecified atom stereocenters. The molecule has 1 saturated carbocycles. The Balaban J connectivity index is 1.64. The Bertz CT molecular complexity index is 703. The predicted octanol–water partition coefficient (Wildman–Crippen LogP) is 5.05. The van der Waals surface area contributed by atoms with Gasteiger partial charge in [-0.2, -0.15) is 0 Å². The van der Waals surface area contributed by atoms with Crippen molar-refractivity contribution in [1.29, 1.82) is 0 Å². The van der Waals surface area contributed by atoms with Crippen molar-refractivity contribution in [3.8, 4) is 0 Å². The van der Waals surface area contributed by atoms with Crippen LogP contribution in [0.1, 0.15) is 55.6 Å². The van der Waals surface area contributed by atoms with Gasteiger partial charge in [-0.1, -0.05) is 79.9 Å². The number of benzene rings is 2. The molecule has 1 fully saturated rings. The number of ether oxygens (including phenoxy) is 1. The highest BCUT2D eigenvalue weighted by Gasteiger charge is 2.33. The Morgan fingerprint density at radius 2 is 1.50 bits per heavy atom. The lowest BCUT2D eigenvalue weighted by atomic mass is 9.77. The van der Waals surface area contributed by atoms with Crippen molar-refractivity contribution in [2.45, 2.75) is 50.9 Å². The van der Waals surface area contributed by atoms with Gasteiger partial charge in [-0.05, 0) is 36.3 Å². The molecule has 0 saturated heterocycles. The first-order valence-corrected chi connectivity index (χ1v) is 9.57. The zero-order valence-electron chi connectivity index (χ0n) is 15.1. The van der Waals surface area contributed by atoms with E-state index < -0.39 is 5.97 Å². The molecular formula is C23H26O3. The van der Waals surface area contributed by atoms with Crippen LogP contribution < -0.4 is 0 Å². The normalized spacial score (nSPS) is 16.0. The van der Waals surface area contributed by atoms with Gasteiger partial charge >= 0.3 is 11.9 Å². The van der Waals surface area contributed by atoms with Crippen LogP contribution in [0.5, 0.6) is 0 Å². The minimum atomic E-state index is -0.435. The van der Waals surface area contributed by atoms with Crippen LogP contribution in [0, 0.1) is 5.92 Å². The van der Waals surface area contributed by atoms with Crippen molar-refractivity contribution < 1.29 is 14.3 Å².